The molecule has 2 N–H and O–H groups in total. The molecule has 0 radical (unpaired) electrons. The molecule has 1 aromatic heterocycles. The number of aromatic nitrogens is 1. The van der Waals surface area contributed by atoms with E-state index in [9.17, 15) is 0 Å². The van der Waals surface area contributed by atoms with Gasteiger partial charge in [0.05, 0.1) is 5.69 Å². The molecule has 0 saturated heterocycles. The van der Waals surface area contributed by atoms with E-state index in [2.05, 4.69) is 23.4 Å². The van der Waals surface area contributed by atoms with Crippen LogP contribution in [0, 0.1) is 6.92 Å². The maximum absolute atomic E-state index is 6.00. The molecule has 0 unspecified atom stereocenters. The van der Waals surface area contributed by atoms with Gasteiger partial charge >= 0.3 is 0 Å². The fraction of sp³-hybridized carbons (Fsp3) is 0.417. The summed E-state index contributed by atoms with van der Waals surface area (Å²) in [5.41, 5.74) is 8.95. The minimum Gasteiger partial charge on any atom is -0.396 e. The fourth-order valence-electron chi connectivity index (χ4n) is 1.47. The third-order valence-corrected chi connectivity index (χ3v) is 2.33. The number of anilines is 2. The normalized spacial score (nSPS) is 10.1. The number of rotatable bonds is 4. The summed E-state index contributed by atoms with van der Waals surface area (Å²) in [5.74, 6) is 0.862. The molecule has 1 rings (SSSR count). The van der Waals surface area contributed by atoms with E-state index in [-0.39, 0.29) is 0 Å². The lowest BCUT2D eigenvalue weighted by Crippen LogP contribution is -2.26. The Labute approximate surface area is 91.6 Å². The minimum absolute atomic E-state index is 0.764. The van der Waals surface area contributed by atoms with Gasteiger partial charge in [-0.25, -0.2) is 4.98 Å². The van der Waals surface area contributed by atoms with Crippen LogP contribution in [0.1, 0.15) is 19.4 Å². The second-order valence-corrected chi connectivity index (χ2v) is 3.84. The first kappa shape index (κ1) is 11.6. The zero-order valence-electron chi connectivity index (χ0n) is 9.75. The van der Waals surface area contributed by atoms with Crippen molar-refractivity contribution in [2.75, 3.05) is 23.7 Å². The molecule has 0 aliphatic heterocycles. The second kappa shape index (κ2) is 4.82. The molecule has 0 spiro atoms. The van der Waals surface area contributed by atoms with Gasteiger partial charge in [0.25, 0.3) is 0 Å². The van der Waals surface area contributed by atoms with Crippen molar-refractivity contribution in [1.29, 1.82) is 0 Å². The molecule has 1 heterocycles. The number of pyridine rings is 1. The van der Waals surface area contributed by atoms with Gasteiger partial charge in [0.2, 0.25) is 0 Å². The zero-order chi connectivity index (χ0) is 11.4. The highest BCUT2D eigenvalue weighted by molar-refractivity contribution is 5.66. The van der Waals surface area contributed by atoms with Gasteiger partial charge in [-0.3, -0.25) is 0 Å². The Kier molecular flexibility index (Phi) is 3.72. The molecule has 0 fully saturated rings. The number of hydrogen-bond acceptors (Lipinski definition) is 3. The monoisotopic (exact) mass is 205 g/mol. The van der Waals surface area contributed by atoms with Gasteiger partial charge in [-0.05, 0) is 32.4 Å². The third-order valence-electron chi connectivity index (χ3n) is 2.33. The Balaban J connectivity index is 3.01. The number of nitrogen functional groups attached to an aromatic ring is 1. The van der Waals surface area contributed by atoms with Crippen molar-refractivity contribution in [3.8, 4) is 0 Å². The van der Waals surface area contributed by atoms with E-state index in [0.29, 0.717) is 0 Å². The van der Waals surface area contributed by atoms with E-state index >= 15 is 0 Å². The van der Waals surface area contributed by atoms with Gasteiger partial charge in [-0.2, -0.15) is 0 Å². The number of nitrogens with two attached hydrogens (primary N) is 1. The Morgan fingerprint density at radius 1 is 1.60 bits per heavy atom. The molecule has 0 aromatic carbocycles. The van der Waals surface area contributed by atoms with Crippen LogP contribution in [0.2, 0.25) is 0 Å². The van der Waals surface area contributed by atoms with Gasteiger partial charge in [0.15, 0.2) is 5.82 Å². The lowest BCUT2D eigenvalue weighted by atomic mass is 10.2. The Bertz CT molecular complexity index is 358. The van der Waals surface area contributed by atoms with E-state index in [1.165, 1.54) is 0 Å². The summed E-state index contributed by atoms with van der Waals surface area (Å²) in [6, 6.07) is 1.92. The van der Waals surface area contributed by atoms with Gasteiger partial charge in [0.1, 0.15) is 0 Å². The van der Waals surface area contributed by atoms with Crippen LogP contribution in [-0.4, -0.2) is 18.1 Å². The molecule has 0 aliphatic carbocycles. The summed E-state index contributed by atoms with van der Waals surface area (Å²) in [5, 5.41) is 0. The number of nitrogens with zero attached hydrogens (tertiary/aromatic N) is 2. The lowest BCUT2D eigenvalue weighted by molar-refractivity contribution is 0.860. The standard InChI is InChI=1S/C12H19N3/c1-5-15(8-9(2)3)12-11(13)10(4)6-7-14-12/h6-7H,2,5,8,13H2,1,3-4H3. The van der Waals surface area contributed by atoms with Gasteiger partial charge in [-0.15, -0.1) is 0 Å². The molecule has 1 aromatic rings. The van der Waals surface area contributed by atoms with Crippen molar-refractivity contribution >= 4 is 11.5 Å². The van der Waals surface area contributed by atoms with Crippen LogP contribution in [0.25, 0.3) is 0 Å². The third kappa shape index (κ3) is 2.72. The highest BCUT2D eigenvalue weighted by Crippen LogP contribution is 2.23. The topological polar surface area (TPSA) is 42.2 Å². The maximum Gasteiger partial charge on any atom is 0.152 e. The van der Waals surface area contributed by atoms with E-state index < -0.39 is 0 Å². The molecule has 3 heteroatoms. The van der Waals surface area contributed by atoms with Gasteiger partial charge in [-0.1, -0.05) is 12.2 Å². The largest absolute Gasteiger partial charge is 0.396 e. The number of likely N-dealkylation sites (N-methyl/N-ethyl adjacent to an activating group) is 1. The second-order valence-electron chi connectivity index (χ2n) is 3.84. The van der Waals surface area contributed by atoms with Gasteiger partial charge < -0.3 is 10.6 Å². The molecular formula is C12H19N3. The molecule has 15 heavy (non-hydrogen) atoms. The van der Waals surface area contributed by atoms with Crippen molar-refractivity contribution in [2.24, 2.45) is 0 Å². The van der Waals surface area contributed by atoms with Crippen LogP contribution < -0.4 is 10.6 Å². The summed E-state index contributed by atoms with van der Waals surface area (Å²) in [7, 11) is 0. The maximum atomic E-state index is 6.00. The van der Waals surface area contributed by atoms with E-state index in [0.717, 1.165) is 35.7 Å². The highest BCUT2D eigenvalue weighted by Gasteiger charge is 2.10. The minimum atomic E-state index is 0.764. The first-order chi connectivity index (χ1) is 7.06. The smallest absolute Gasteiger partial charge is 0.152 e. The first-order valence-electron chi connectivity index (χ1n) is 5.16. The lowest BCUT2D eigenvalue weighted by Gasteiger charge is -2.23. The zero-order valence-corrected chi connectivity index (χ0v) is 9.75. The molecule has 0 saturated carbocycles. The van der Waals surface area contributed by atoms with Crippen molar-refractivity contribution in [2.45, 2.75) is 20.8 Å². The van der Waals surface area contributed by atoms with Crippen molar-refractivity contribution < 1.29 is 0 Å². The van der Waals surface area contributed by atoms with Crippen LogP contribution in [-0.2, 0) is 0 Å². The Morgan fingerprint density at radius 2 is 2.27 bits per heavy atom. The van der Waals surface area contributed by atoms with E-state index in [1.807, 2.05) is 19.9 Å². The average molecular weight is 205 g/mol. The summed E-state index contributed by atoms with van der Waals surface area (Å²) in [6.45, 7) is 11.7. The van der Waals surface area contributed by atoms with E-state index in [1.54, 1.807) is 6.20 Å². The quantitative estimate of drug-likeness (QED) is 0.767. The van der Waals surface area contributed by atoms with Gasteiger partial charge in [0, 0.05) is 19.3 Å². The van der Waals surface area contributed by atoms with Crippen LogP contribution in [0.4, 0.5) is 11.5 Å². The molecule has 0 atom stereocenters. The molecule has 0 amide bonds. The van der Waals surface area contributed by atoms with Crippen LogP contribution in [0.15, 0.2) is 24.4 Å². The summed E-state index contributed by atoms with van der Waals surface area (Å²) < 4.78 is 0. The van der Waals surface area contributed by atoms with Crippen LogP contribution in [0.3, 0.4) is 0 Å². The summed E-state index contributed by atoms with van der Waals surface area (Å²) in [6.07, 6.45) is 1.79. The predicted octanol–water partition coefficient (Wildman–Crippen LogP) is 2.37. The highest BCUT2D eigenvalue weighted by atomic mass is 15.2. The van der Waals surface area contributed by atoms with Crippen LogP contribution in [0.5, 0.6) is 0 Å². The fourth-order valence-corrected chi connectivity index (χ4v) is 1.47. The molecule has 3 nitrogen and oxygen atoms in total. The van der Waals surface area contributed by atoms with Crippen molar-refractivity contribution in [1.82, 2.24) is 4.98 Å². The van der Waals surface area contributed by atoms with Crippen molar-refractivity contribution in [3.63, 3.8) is 0 Å². The SMILES string of the molecule is C=C(C)CN(CC)c1nccc(C)c1N. The molecule has 82 valence electrons. The van der Waals surface area contributed by atoms with Crippen molar-refractivity contribution in [3.05, 3.63) is 30.0 Å². The Morgan fingerprint density at radius 3 is 2.80 bits per heavy atom. The van der Waals surface area contributed by atoms with Crippen LogP contribution >= 0.6 is 0 Å². The van der Waals surface area contributed by atoms with E-state index in [4.69, 9.17) is 5.73 Å². The number of hydrogen-bond donors (Lipinski definition) is 1. The summed E-state index contributed by atoms with van der Waals surface area (Å²) in [4.78, 5) is 6.45. The molecule has 0 aliphatic rings. The average Bonchev–Trinajstić information content (AvgIpc) is 2.19. The summed E-state index contributed by atoms with van der Waals surface area (Å²) >= 11 is 0. The Hall–Kier alpha value is -1.51. The first-order valence-corrected chi connectivity index (χ1v) is 5.16. The predicted molar refractivity (Wildman–Crippen MR) is 66.1 cm³/mol. The molecular weight excluding hydrogens is 186 g/mol. The molecule has 0 bridgehead atoms. The number of aryl methyl sites for hydroxylation is 1.